The van der Waals surface area contributed by atoms with Crippen molar-refractivity contribution in [1.82, 2.24) is 5.32 Å². The van der Waals surface area contributed by atoms with Crippen LogP contribution in [0.1, 0.15) is 40.0 Å². The second-order valence-electron chi connectivity index (χ2n) is 5.55. The molecule has 1 aromatic rings. The molecule has 1 saturated carbocycles. The maximum Gasteiger partial charge on any atom is 0.0601 e. The van der Waals surface area contributed by atoms with Gasteiger partial charge in [-0.25, -0.2) is 0 Å². The van der Waals surface area contributed by atoms with Crippen LogP contribution in [0.25, 0.3) is 0 Å². The predicted octanol–water partition coefficient (Wildman–Crippen LogP) is 4.40. The molecule has 3 heteroatoms. The van der Waals surface area contributed by atoms with Crippen LogP contribution in [0, 0.1) is 5.41 Å². The monoisotopic (exact) mass is 269 g/mol. The quantitative estimate of drug-likeness (QED) is 0.850. The van der Waals surface area contributed by atoms with Crippen molar-refractivity contribution in [3.8, 4) is 0 Å². The van der Waals surface area contributed by atoms with E-state index in [-0.39, 0.29) is 0 Å². The molecular formula is C14H23NS2. The Morgan fingerprint density at radius 3 is 3.00 bits per heavy atom. The summed E-state index contributed by atoms with van der Waals surface area (Å²) in [4.78, 5) is 0. The summed E-state index contributed by atoms with van der Waals surface area (Å²) in [7, 11) is 0. The first-order valence-corrected chi connectivity index (χ1v) is 8.33. The van der Waals surface area contributed by atoms with Gasteiger partial charge in [-0.3, -0.25) is 0 Å². The van der Waals surface area contributed by atoms with Gasteiger partial charge in [0.05, 0.1) is 4.21 Å². The van der Waals surface area contributed by atoms with E-state index in [4.69, 9.17) is 0 Å². The van der Waals surface area contributed by atoms with E-state index in [1.54, 1.807) is 0 Å². The summed E-state index contributed by atoms with van der Waals surface area (Å²) in [6.45, 7) is 8.22. The van der Waals surface area contributed by atoms with Gasteiger partial charge in [0.15, 0.2) is 0 Å². The lowest BCUT2D eigenvalue weighted by atomic mass is 9.87. The number of rotatable bonds is 5. The molecule has 2 rings (SSSR count). The van der Waals surface area contributed by atoms with E-state index in [0.29, 0.717) is 11.5 Å². The molecule has 1 aliphatic carbocycles. The fraction of sp³-hybridized carbons (Fsp3) is 0.714. The third-order valence-corrected chi connectivity index (χ3v) is 6.08. The number of hydrogen-bond donors (Lipinski definition) is 1. The Morgan fingerprint density at radius 2 is 2.35 bits per heavy atom. The van der Waals surface area contributed by atoms with Gasteiger partial charge in [-0.1, -0.05) is 26.8 Å². The van der Waals surface area contributed by atoms with Crippen LogP contribution in [0.5, 0.6) is 0 Å². The van der Waals surface area contributed by atoms with E-state index in [1.807, 2.05) is 11.3 Å². The first kappa shape index (κ1) is 13.4. The van der Waals surface area contributed by atoms with Crippen LogP contribution in [0.4, 0.5) is 0 Å². The smallest absolute Gasteiger partial charge is 0.0601 e. The normalized spacial score (nSPS) is 27.5. The molecular weight excluding hydrogens is 246 g/mol. The highest BCUT2D eigenvalue weighted by molar-refractivity contribution is 8.01. The molecule has 0 amide bonds. The number of hydrogen-bond acceptors (Lipinski definition) is 3. The van der Waals surface area contributed by atoms with Crippen molar-refractivity contribution >= 4 is 23.1 Å². The predicted molar refractivity (Wildman–Crippen MR) is 79.1 cm³/mol. The molecule has 0 saturated heterocycles. The van der Waals surface area contributed by atoms with Crippen molar-refractivity contribution in [3.05, 3.63) is 17.5 Å². The summed E-state index contributed by atoms with van der Waals surface area (Å²) in [5, 5.41) is 6.69. The Morgan fingerprint density at radius 1 is 1.53 bits per heavy atom. The number of thiophene rings is 1. The highest BCUT2D eigenvalue weighted by Crippen LogP contribution is 2.45. The third kappa shape index (κ3) is 3.27. The molecule has 17 heavy (non-hydrogen) atoms. The lowest BCUT2D eigenvalue weighted by molar-refractivity contribution is 0.287. The average Bonchev–Trinajstić information content (AvgIpc) is 2.86. The Hall–Kier alpha value is 0.01000. The van der Waals surface area contributed by atoms with Crippen LogP contribution >= 0.6 is 23.1 Å². The van der Waals surface area contributed by atoms with Gasteiger partial charge in [-0.2, -0.15) is 0 Å². The standard InChI is InChI=1S/C14H23NS2/c1-4-9-15-13-11(7-8-14(13,2)3)17-12-6-5-10-16-12/h5-6,10-11,13,15H,4,7-9H2,1-3H3. The molecule has 0 aliphatic heterocycles. The van der Waals surface area contributed by atoms with Crippen molar-refractivity contribution in [2.75, 3.05) is 6.54 Å². The summed E-state index contributed by atoms with van der Waals surface area (Å²) >= 11 is 3.95. The summed E-state index contributed by atoms with van der Waals surface area (Å²) in [6, 6.07) is 5.06. The second kappa shape index (κ2) is 5.77. The van der Waals surface area contributed by atoms with Gasteiger partial charge in [0, 0.05) is 11.3 Å². The lowest BCUT2D eigenvalue weighted by Crippen LogP contribution is -2.43. The van der Waals surface area contributed by atoms with E-state index in [9.17, 15) is 0 Å². The number of nitrogens with one attached hydrogen (secondary N) is 1. The largest absolute Gasteiger partial charge is 0.312 e. The van der Waals surface area contributed by atoms with Gasteiger partial charge in [-0.15, -0.1) is 23.1 Å². The Bertz CT molecular complexity index is 332. The van der Waals surface area contributed by atoms with Gasteiger partial charge in [0.25, 0.3) is 0 Å². The van der Waals surface area contributed by atoms with Crippen LogP contribution in [-0.2, 0) is 0 Å². The molecule has 1 aromatic heterocycles. The molecule has 1 heterocycles. The summed E-state index contributed by atoms with van der Waals surface area (Å²) in [5.41, 5.74) is 0.449. The SMILES string of the molecule is CCCNC1C(Sc2cccs2)CCC1(C)C. The topological polar surface area (TPSA) is 12.0 Å². The summed E-state index contributed by atoms with van der Waals surface area (Å²) < 4.78 is 1.47. The zero-order valence-electron chi connectivity index (χ0n) is 11.0. The number of thioether (sulfide) groups is 1. The van der Waals surface area contributed by atoms with Crippen LogP contribution in [-0.4, -0.2) is 17.8 Å². The zero-order valence-corrected chi connectivity index (χ0v) is 12.7. The van der Waals surface area contributed by atoms with Crippen molar-refractivity contribution in [3.63, 3.8) is 0 Å². The third-order valence-electron chi connectivity index (χ3n) is 3.66. The molecule has 1 aliphatic rings. The summed E-state index contributed by atoms with van der Waals surface area (Å²) in [6.07, 6.45) is 3.91. The molecule has 2 atom stereocenters. The van der Waals surface area contributed by atoms with Crippen molar-refractivity contribution < 1.29 is 0 Å². The minimum atomic E-state index is 0.449. The van der Waals surface area contributed by atoms with Crippen LogP contribution in [0.2, 0.25) is 0 Å². The maximum atomic E-state index is 3.77. The van der Waals surface area contributed by atoms with Gasteiger partial charge in [0.1, 0.15) is 0 Å². The Kier molecular flexibility index (Phi) is 4.56. The molecule has 96 valence electrons. The van der Waals surface area contributed by atoms with Crippen molar-refractivity contribution in [1.29, 1.82) is 0 Å². The van der Waals surface area contributed by atoms with Crippen LogP contribution in [0.3, 0.4) is 0 Å². The Balaban J connectivity index is 2.00. The van der Waals surface area contributed by atoms with Crippen molar-refractivity contribution in [2.45, 2.75) is 55.5 Å². The molecule has 1 N–H and O–H groups in total. The average molecular weight is 269 g/mol. The molecule has 2 unspecified atom stereocenters. The Labute approximate surface area is 113 Å². The first-order valence-electron chi connectivity index (χ1n) is 6.57. The maximum absolute atomic E-state index is 3.77. The van der Waals surface area contributed by atoms with E-state index in [1.165, 1.54) is 23.5 Å². The molecule has 0 aromatic carbocycles. The highest BCUT2D eigenvalue weighted by Gasteiger charge is 2.41. The minimum Gasteiger partial charge on any atom is -0.312 e. The van der Waals surface area contributed by atoms with Gasteiger partial charge in [0.2, 0.25) is 0 Å². The highest BCUT2D eigenvalue weighted by atomic mass is 32.2. The lowest BCUT2D eigenvalue weighted by Gasteiger charge is -2.31. The molecule has 1 nitrogen and oxygen atoms in total. The fourth-order valence-corrected chi connectivity index (χ4v) is 5.15. The minimum absolute atomic E-state index is 0.449. The van der Waals surface area contributed by atoms with E-state index >= 15 is 0 Å². The van der Waals surface area contributed by atoms with E-state index in [0.717, 1.165) is 11.8 Å². The zero-order chi connectivity index (χ0) is 12.3. The van der Waals surface area contributed by atoms with E-state index in [2.05, 4.69) is 55.4 Å². The molecule has 1 fully saturated rings. The van der Waals surface area contributed by atoms with Gasteiger partial charge < -0.3 is 5.32 Å². The molecule has 0 radical (unpaired) electrons. The molecule has 0 bridgehead atoms. The van der Waals surface area contributed by atoms with Crippen LogP contribution < -0.4 is 5.32 Å². The first-order chi connectivity index (χ1) is 8.13. The van der Waals surface area contributed by atoms with Gasteiger partial charge in [-0.05, 0) is 42.7 Å². The second-order valence-corrected chi connectivity index (χ2v) is 8.03. The fourth-order valence-electron chi connectivity index (χ4n) is 2.65. The van der Waals surface area contributed by atoms with E-state index < -0.39 is 0 Å². The summed E-state index contributed by atoms with van der Waals surface area (Å²) in [5.74, 6) is 0. The van der Waals surface area contributed by atoms with Crippen molar-refractivity contribution in [2.24, 2.45) is 5.41 Å². The van der Waals surface area contributed by atoms with Gasteiger partial charge >= 0.3 is 0 Å². The van der Waals surface area contributed by atoms with Crippen LogP contribution in [0.15, 0.2) is 21.7 Å². The molecule has 0 spiro atoms.